The lowest BCUT2D eigenvalue weighted by molar-refractivity contribution is 0.865. The van der Waals surface area contributed by atoms with Crippen molar-refractivity contribution in [2.45, 2.75) is 0 Å². The maximum atomic E-state index is 6.06. The highest BCUT2D eigenvalue weighted by Gasteiger charge is 2.11. The zero-order valence-electron chi connectivity index (χ0n) is 14.2. The van der Waals surface area contributed by atoms with Crippen LogP contribution in [0.2, 0.25) is 0 Å². The van der Waals surface area contributed by atoms with Crippen LogP contribution in [0.1, 0.15) is 0 Å². The van der Waals surface area contributed by atoms with Gasteiger partial charge in [0.05, 0.1) is 22.9 Å². The Kier molecular flexibility index (Phi) is 3.43. The van der Waals surface area contributed by atoms with Gasteiger partial charge < -0.3 is 11.1 Å². The number of nitrogens with zero attached hydrogens (tertiary/aromatic N) is 5. The Labute approximate surface area is 154 Å². The lowest BCUT2D eigenvalue weighted by atomic mass is 10.2. The van der Waals surface area contributed by atoms with E-state index < -0.39 is 0 Å². The van der Waals surface area contributed by atoms with E-state index in [-0.39, 0.29) is 5.95 Å². The van der Waals surface area contributed by atoms with Crippen LogP contribution in [0.5, 0.6) is 0 Å². The van der Waals surface area contributed by atoms with Crippen LogP contribution < -0.4 is 11.1 Å². The summed E-state index contributed by atoms with van der Waals surface area (Å²) in [5, 5.41) is 9.68. The predicted molar refractivity (Wildman–Crippen MR) is 106 cm³/mol. The molecular weight excluding hydrogens is 338 g/mol. The molecule has 3 N–H and O–H groups in total. The molecule has 5 rings (SSSR count). The quantitative estimate of drug-likeness (QED) is 0.514. The molecule has 0 saturated carbocycles. The van der Waals surface area contributed by atoms with Crippen LogP contribution in [0.4, 0.5) is 17.6 Å². The Balaban J connectivity index is 1.49. The van der Waals surface area contributed by atoms with E-state index in [0.29, 0.717) is 11.8 Å². The van der Waals surface area contributed by atoms with Gasteiger partial charge in [-0.2, -0.15) is 9.67 Å². The molecule has 130 valence electrons. The molecule has 5 aromatic rings. The molecule has 0 radical (unpaired) electrons. The number of hydrogen-bond acceptors (Lipinski definition) is 6. The van der Waals surface area contributed by atoms with Crippen molar-refractivity contribution in [1.29, 1.82) is 0 Å². The molecule has 0 atom stereocenters. The van der Waals surface area contributed by atoms with Gasteiger partial charge in [-0.15, -0.1) is 5.10 Å². The minimum Gasteiger partial charge on any atom is -0.368 e. The van der Waals surface area contributed by atoms with Gasteiger partial charge in [-0.1, -0.05) is 36.4 Å². The van der Waals surface area contributed by atoms with Gasteiger partial charge in [0.25, 0.3) is 0 Å². The number of fused-ring (bicyclic) bond motifs is 2. The number of benzene rings is 2. The predicted octanol–water partition coefficient (Wildman–Crippen LogP) is 3.69. The number of hydrogen-bond donors (Lipinski definition) is 2. The highest BCUT2D eigenvalue weighted by molar-refractivity contribution is 5.82. The molecule has 0 saturated heterocycles. The van der Waals surface area contributed by atoms with Gasteiger partial charge in [-0.25, -0.2) is 4.98 Å². The van der Waals surface area contributed by atoms with Crippen LogP contribution in [0.3, 0.4) is 0 Å². The van der Waals surface area contributed by atoms with Crippen LogP contribution in [0.15, 0.2) is 72.9 Å². The number of aromatic nitrogens is 5. The molecule has 3 aromatic heterocycles. The number of nitrogens with one attached hydrogen (secondary N) is 1. The van der Waals surface area contributed by atoms with Gasteiger partial charge in [-0.3, -0.25) is 4.98 Å². The number of nitrogen functional groups attached to an aromatic ring is 1. The standard InChI is InChI=1S/C20H15N7/c21-19-25-20(23-15-11-14-6-2-3-7-16(14)22-12-15)26-27(19)18-10-9-13-5-1-4-8-17(13)24-18/h1-12H,(H3,21,23,25,26). The van der Waals surface area contributed by atoms with Crippen molar-refractivity contribution in [3.8, 4) is 5.82 Å². The third kappa shape index (κ3) is 2.81. The Morgan fingerprint density at radius 3 is 2.48 bits per heavy atom. The SMILES string of the molecule is Nc1nc(Nc2cnc3ccccc3c2)nn1-c1ccc2ccccc2n1. The van der Waals surface area contributed by atoms with Gasteiger partial charge >= 0.3 is 0 Å². The summed E-state index contributed by atoms with van der Waals surface area (Å²) in [6.45, 7) is 0. The van der Waals surface area contributed by atoms with Crippen LogP contribution in [-0.4, -0.2) is 24.7 Å². The first-order chi connectivity index (χ1) is 13.3. The topological polar surface area (TPSA) is 94.5 Å². The molecule has 0 fully saturated rings. The lowest BCUT2D eigenvalue weighted by Gasteiger charge is -2.04. The number of anilines is 3. The zero-order chi connectivity index (χ0) is 18.2. The first-order valence-electron chi connectivity index (χ1n) is 8.47. The van der Waals surface area contributed by atoms with Crippen molar-refractivity contribution in [1.82, 2.24) is 24.7 Å². The summed E-state index contributed by atoms with van der Waals surface area (Å²) in [4.78, 5) is 13.3. The van der Waals surface area contributed by atoms with Crippen molar-refractivity contribution in [3.63, 3.8) is 0 Å². The molecule has 0 spiro atoms. The number of pyridine rings is 2. The average molecular weight is 353 g/mol. The molecule has 27 heavy (non-hydrogen) atoms. The normalized spacial score (nSPS) is 11.1. The summed E-state index contributed by atoms with van der Waals surface area (Å²) in [5.74, 6) is 1.26. The molecule has 0 aliphatic heterocycles. The highest BCUT2D eigenvalue weighted by atomic mass is 15.4. The molecule has 0 unspecified atom stereocenters. The van der Waals surface area contributed by atoms with E-state index in [1.165, 1.54) is 4.68 Å². The lowest BCUT2D eigenvalue weighted by Crippen LogP contribution is -2.04. The Morgan fingerprint density at radius 2 is 1.59 bits per heavy atom. The first-order valence-corrected chi connectivity index (χ1v) is 8.47. The Bertz CT molecular complexity index is 1280. The fourth-order valence-corrected chi connectivity index (χ4v) is 2.99. The molecule has 0 amide bonds. The third-order valence-electron chi connectivity index (χ3n) is 4.28. The number of rotatable bonds is 3. The minimum atomic E-state index is 0.258. The molecule has 0 aliphatic rings. The molecule has 7 heteroatoms. The van der Waals surface area contributed by atoms with Crippen molar-refractivity contribution >= 4 is 39.4 Å². The second kappa shape index (κ2) is 6.06. The molecule has 7 nitrogen and oxygen atoms in total. The van der Waals surface area contributed by atoms with Gasteiger partial charge in [-0.05, 0) is 30.3 Å². The second-order valence-electron chi connectivity index (χ2n) is 6.11. The summed E-state index contributed by atoms with van der Waals surface area (Å²) in [6.07, 6.45) is 1.74. The van der Waals surface area contributed by atoms with Crippen LogP contribution in [-0.2, 0) is 0 Å². The highest BCUT2D eigenvalue weighted by Crippen LogP contribution is 2.21. The monoisotopic (exact) mass is 353 g/mol. The van der Waals surface area contributed by atoms with E-state index in [2.05, 4.69) is 25.4 Å². The van der Waals surface area contributed by atoms with Gasteiger partial charge in [0.1, 0.15) is 0 Å². The number of para-hydroxylation sites is 2. The second-order valence-corrected chi connectivity index (χ2v) is 6.11. The summed E-state index contributed by atoms with van der Waals surface area (Å²) in [6, 6.07) is 21.6. The molecule has 0 aliphatic carbocycles. The van der Waals surface area contributed by atoms with E-state index in [1.807, 2.05) is 66.7 Å². The third-order valence-corrected chi connectivity index (χ3v) is 4.28. The molecule has 0 bridgehead atoms. The largest absolute Gasteiger partial charge is 0.368 e. The molecular formula is C20H15N7. The summed E-state index contributed by atoms with van der Waals surface area (Å²) >= 11 is 0. The minimum absolute atomic E-state index is 0.258. The van der Waals surface area contributed by atoms with Crippen molar-refractivity contribution in [3.05, 3.63) is 72.9 Å². The van der Waals surface area contributed by atoms with E-state index >= 15 is 0 Å². The van der Waals surface area contributed by atoms with E-state index in [0.717, 1.165) is 27.5 Å². The Morgan fingerprint density at radius 1 is 0.815 bits per heavy atom. The van der Waals surface area contributed by atoms with Crippen molar-refractivity contribution in [2.24, 2.45) is 0 Å². The Hall–Kier alpha value is -4.00. The summed E-state index contributed by atoms with van der Waals surface area (Å²) < 4.78 is 1.52. The summed E-state index contributed by atoms with van der Waals surface area (Å²) in [5.41, 5.74) is 8.65. The maximum Gasteiger partial charge on any atom is 0.248 e. The van der Waals surface area contributed by atoms with Crippen molar-refractivity contribution in [2.75, 3.05) is 11.1 Å². The first kappa shape index (κ1) is 15.3. The summed E-state index contributed by atoms with van der Waals surface area (Å²) in [7, 11) is 0. The molecule has 2 aromatic carbocycles. The van der Waals surface area contributed by atoms with Gasteiger partial charge in [0.2, 0.25) is 11.9 Å². The van der Waals surface area contributed by atoms with Crippen LogP contribution >= 0.6 is 0 Å². The van der Waals surface area contributed by atoms with Gasteiger partial charge in [0.15, 0.2) is 5.82 Å². The fraction of sp³-hybridized carbons (Fsp3) is 0. The van der Waals surface area contributed by atoms with Crippen LogP contribution in [0, 0.1) is 0 Å². The zero-order valence-corrected chi connectivity index (χ0v) is 14.2. The number of nitrogens with two attached hydrogens (primary N) is 1. The molecule has 3 heterocycles. The maximum absolute atomic E-state index is 6.06. The fourth-order valence-electron chi connectivity index (χ4n) is 2.99. The smallest absolute Gasteiger partial charge is 0.248 e. The van der Waals surface area contributed by atoms with E-state index in [9.17, 15) is 0 Å². The van der Waals surface area contributed by atoms with Crippen LogP contribution in [0.25, 0.3) is 27.6 Å². The van der Waals surface area contributed by atoms with E-state index in [4.69, 9.17) is 5.73 Å². The van der Waals surface area contributed by atoms with Crippen molar-refractivity contribution < 1.29 is 0 Å². The average Bonchev–Trinajstić information content (AvgIpc) is 3.07. The van der Waals surface area contributed by atoms with Gasteiger partial charge in [0, 0.05) is 10.8 Å². The van der Waals surface area contributed by atoms with E-state index in [1.54, 1.807) is 6.20 Å².